The fourth-order valence-electron chi connectivity index (χ4n) is 1.72. The molecular weight excluding hydrogens is 250 g/mol. The fraction of sp³-hybridized carbons (Fsp3) is 0.750. The molecule has 0 aliphatic carbocycles. The highest BCUT2D eigenvalue weighted by Crippen LogP contribution is 2.22. The molecule has 0 aliphatic rings. The molecule has 0 saturated heterocycles. The monoisotopic (exact) mass is 279 g/mol. The molecule has 4 nitrogen and oxygen atoms in total. The van der Waals surface area contributed by atoms with E-state index in [1.165, 1.54) is 0 Å². The van der Waals surface area contributed by atoms with E-state index in [1.54, 1.807) is 6.20 Å². The Morgan fingerprint density at radius 1 is 1.20 bits per heavy atom. The molecule has 1 aromatic rings. The quantitative estimate of drug-likeness (QED) is 0.865. The van der Waals surface area contributed by atoms with E-state index in [1.807, 2.05) is 20.8 Å². The Bertz CT molecular complexity index is 422. The van der Waals surface area contributed by atoms with Crippen LogP contribution in [0.1, 0.15) is 65.9 Å². The lowest BCUT2D eigenvalue weighted by Gasteiger charge is -2.23. The number of aromatic nitrogens is 2. The Balaban J connectivity index is 2.91. The van der Waals surface area contributed by atoms with Crippen molar-refractivity contribution in [1.29, 1.82) is 0 Å². The van der Waals surface area contributed by atoms with E-state index in [0.29, 0.717) is 18.4 Å². The van der Waals surface area contributed by atoms with E-state index >= 15 is 0 Å². The topological polar surface area (TPSA) is 47.0 Å². The summed E-state index contributed by atoms with van der Waals surface area (Å²) < 4.78 is 5.96. The van der Waals surface area contributed by atoms with Crippen LogP contribution in [0.5, 0.6) is 5.75 Å². The van der Waals surface area contributed by atoms with Gasteiger partial charge in [0.05, 0.1) is 11.9 Å². The van der Waals surface area contributed by atoms with E-state index in [4.69, 9.17) is 4.74 Å². The third kappa shape index (κ3) is 5.87. The molecule has 20 heavy (non-hydrogen) atoms. The molecule has 1 aromatic heterocycles. The van der Waals surface area contributed by atoms with E-state index in [0.717, 1.165) is 23.8 Å². The number of ether oxygens (including phenoxy) is 1. The molecule has 0 amide bonds. The summed E-state index contributed by atoms with van der Waals surface area (Å²) >= 11 is 0. The molecule has 1 heterocycles. The molecule has 0 aliphatic heterocycles. The molecule has 0 spiro atoms. The maximum atomic E-state index is 5.96. The van der Waals surface area contributed by atoms with Crippen molar-refractivity contribution < 1.29 is 4.74 Å². The number of nitrogens with one attached hydrogen (secondary N) is 1. The van der Waals surface area contributed by atoms with Gasteiger partial charge in [-0.05, 0) is 33.2 Å². The number of hydrogen-bond acceptors (Lipinski definition) is 4. The molecule has 0 saturated carbocycles. The lowest BCUT2D eigenvalue weighted by molar-refractivity contribution is 0.127. The van der Waals surface area contributed by atoms with Crippen molar-refractivity contribution in [3.8, 4) is 5.75 Å². The van der Waals surface area contributed by atoms with E-state index in [-0.39, 0.29) is 5.60 Å². The molecule has 0 aromatic carbocycles. The Kier molecular flexibility index (Phi) is 5.93. The van der Waals surface area contributed by atoms with Gasteiger partial charge < -0.3 is 10.1 Å². The van der Waals surface area contributed by atoms with Gasteiger partial charge in [-0.3, -0.25) is 0 Å². The van der Waals surface area contributed by atoms with Gasteiger partial charge in [-0.1, -0.05) is 27.7 Å². The van der Waals surface area contributed by atoms with Crippen molar-refractivity contribution in [3.05, 3.63) is 17.7 Å². The molecule has 0 radical (unpaired) electrons. The average molecular weight is 279 g/mol. The summed E-state index contributed by atoms with van der Waals surface area (Å²) in [6.45, 7) is 16.4. The van der Waals surface area contributed by atoms with Crippen LogP contribution in [-0.2, 0) is 6.54 Å². The van der Waals surface area contributed by atoms with Crippen molar-refractivity contribution in [2.24, 2.45) is 5.92 Å². The first-order chi connectivity index (χ1) is 9.19. The molecule has 4 heteroatoms. The smallest absolute Gasteiger partial charge is 0.161 e. The molecule has 0 unspecified atom stereocenters. The van der Waals surface area contributed by atoms with Gasteiger partial charge in [-0.2, -0.15) is 0 Å². The number of nitrogens with zero attached hydrogens (tertiary/aromatic N) is 2. The van der Waals surface area contributed by atoms with Gasteiger partial charge in [0, 0.05) is 12.5 Å². The lowest BCUT2D eigenvalue weighted by atomic mass is 10.1. The first kappa shape index (κ1) is 16.9. The van der Waals surface area contributed by atoms with Crippen LogP contribution in [0.3, 0.4) is 0 Å². The number of hydrogen-bond donors (Lipinski definition) is 1. The SMILES string of the molecule is CC(C)CNCc1nc(C(C)C)ncc1OC(C)(C)C. The zero-order chi connectivity index (χ0) is 15.3. The lowest BCUT2D eigenvalue weighted by Crippen LogP contribution is -2.26. The zero-order valence-electron chi connectivity index (χ0n) is 13.9. The second-order valence-corrected chi connectivity index (χ2v) is 6.93. The van der Waals surface area contributed by atoms with Crippen LogP contribution in [0, 0.1) is 5.92 Å². The van der Waals surface area contributed by atoms with Crippen LogP contribution >= 0.6 is 0 Å². The van der Waals surface area contributed by atoms with E-state index in [9.17, 15) is 0 Å². The highest BCUT2D eigenvalue weighted by Gasteiger charge is 2.17. The predicted octanol–water partition coefficient (Wildman–Crippen LogP) is 3.52. The predicted molar refractivity (Wildman–Crippen MR) is 83.0 cm³/mol. The zero-order valence-corrected chi connectivity index (χ0v) is 13.9. The summed E-state index contributed by atoms with van der Waals surface area (Å²) in [4.78, 5) is 9.06. The van der Waals surface area contributed by atoms with Crippen molar-refractivity contribution in [2.75, 3.05) is 6.54 Å². The molecule has 0 atom stereocenters. The summed E-state index contributed by atoms with van der Waals surface area (Å²) in [6.07, 6.45) is 1.81. The summed E-state index contributed by atoms with van der Waals surface area (Å²) in [7, 11) is 0. The average Bonchev–Trinajstić information content (AvgIpc) is 2.28. The molecule has 0 bridgehead atoms. The largest absolute Gasteiger partial charge is 0.485 e. The fourth-order valence-corrected chi connectivity index (χ4v) is 1.72. The van der Waals surface area contributed by atoms with Crippen molar-refractivity contribution in [3.63, 3.8) is 0 Å². The van der Waals surface area contributed by atoms with E-state index in [2.05, 4.69) is 43.0 Å². The minimum Gasteiger partial charge on any atom is -0.485 e. The molecule has 1 N–H and O–H groups in total. The third-order valence-electron chi connectivity index (χ3n) is 2.63. The summed E-state index contributed by atoms with van der Waals surface area (Å²) in [5, 5.41) is 3.42. The Hall–Kier alpha value is -1.16. The van der Waals surface area contributed by atoms with Crippen LogP contribution < -0.4 is 10.1 Å². The number of rotatable bonds is 6. The first-order valence-electron chi connectivity index (χ1n) is 7.44. The van der Waals surface area contributed by atoms with Crippen molar-refractivity contribution in [2.45, 2.75) is 66.5 Å². The second-order valence-electron chi connectivity index (χ2n) is 6.93. The second kappa shape index (κ2) is 7.02. The standard InChI is InChI=1S/C16H29N3O/c1-11(2)8-17-9-13-14(20-16(5,6)7)10-18-15(19-13)12(3)4/h10-12,17H,8-9H2,1-7H3. The molecule has 0 fully saturated rings. The molecule has 114 valence electrons. The van der Waals surface area contributed by atoms with Crippen molar-refractivity contribution >= 4 is 0 Å². The first-order valence-corrected chi connectivity index (χ1v) is 7.44. The minimum absolute atomic E-state index is 0.241. The highest BCUT2D eigenvalue weighted by atomic mass is 16.5. The summed E-state index contributed by atoms with van der Waals surface area (Å²) in [6, 6.07) is 0. The Labute approximate surface area is 123 Å². The van der Waals surface area contributed by atoms with Crippen LogP contribution in [0.4, 0.5) is 0 Å². The van der Waals surface area contributed by atoms with Crippen LogP contribution in [0.25, 0.3) is 0 Å². The highest BCUT2D eigenvalue weighted by molar-refractivity contribution is 5.26. The molecule has 1 rings (SSSR count). The van der Waals surface area contributed by atoms with Gasteiger partial charge >= 0.3 is 0 Å². The maximum Gasteiger partial charge on any atom is 0.161 e. The summed E-state index contributed by atoms with van der Waals surface area (Å²) in [5.74, 6) is 2.58. The van der Waals surface area contributed by atoms with Crippen LogP contribution in [-0.4, -0.2) is 22.1 Å². The van der Waals surface area contributed by atoms with Gasteiger partial charge in [0.25, 0.3) is 0 Å². The summed E-state index contributed by atoms with van der Waals surface area (Å²) in [5.41, 5.74) is 0.703. The Morgan fingerprint density at radius 2 is 1.85 bits per heavy atom. The van der Waals surface area contributed by atoms with Gasteiger partial charge in [0.2, 0.25) is 0 Å². The minimum atomic E-state index is -0.241. The van der Waals surface area contributed by atoms with Gasteiger partial charge in [0.15, 0.2) is 5.75 Å². The van der Waals surface area contributed by atoms with Crippen molar-refractivity contribution in [1.82, 2.24) is 15.3 Å². The Morgan fingerprint density at radius 3 is 2.35 bits per heavy atom. The van der Waals surface area contributed by atoms with Crippen LogP contribution in [0.15, 0.2) is 6.20 Å². The normalized spacial score (nSPS) is 12.2. The molecular formula is C16H29N3O. The van der Waals surface area contributed by atoms with Gasteiger partial charge in [-0.15, -0.1) is 0 Å². The van der Waals surface area contributed by atoms with E-state index < -0.39 is 0 Å². The maximum absolute atomic E-state index is 5.96. The van der Waals surface area contributed by atoms with Gasteiger partial charge in [0.1, 0.15) is 11.4 Å². The third-order valence-corrected chi connectivity index (χ3v) is 2.63. The van der Waals surface area contributed by atoms with Crippen LogP contribution in [0.2, 0.25) is 0 Å². The van der Waals surface area contributed by atoms with Gasteiger partial charge in [-0.25, -0.2) is 9.97 Å².